The molecule has 4 rings (SSSR count). The maximum Gasteiger partial charge on any atom is 0.251 e. The molecule has 0 atom stereocenters. The van der Waals surface area contributed by atoms with Crippen LogP contribution in [0.3, 0.4) is 0 Å². The van der Waals surface area contributed by atoms with E-state index >= 15 is 0 Å². The smallest absolute Gasteiger partial charge is 0.251 e. The summed E-state index contributed by atoms with van der Waals surface area (Å²) in [4.78, 5) is 18.4. The molecule has 0 unspecified atom stereocenters. The van der Waals surface area contributed by atoms with E-state index in [1.165, 1.54) is 27.8 Å². The van der Waals surface area contributed by atoms with Crippen molar-refractivity contribution in [3.05, 3.63) is 52.3 Å². The normalized spacial score (nSPS) is 16.3. The van der Waals surface area contributed by atoms with Crippen molar-refractivity contribution in [3.63, 3.8) is 0 Å². The van der Waals surface area contributed by atoms with Crippen LogP contribution in [0.1, 0.15) is 12.8 Å². The summed E-state index contributed by atoms with van der Waals surface area (Å²) in [6.45, 7) is 1.30. The van der Waals surface area contributed by atoms with Crippen LogP contribution < -0.4 is 9.54 Å². The number of amides is 1. The third kappa shape index (κ3) is 5.36. The van der Waals surface area contributed by atoms with Crippen molar-refractivity contribution in [2.24, 2.45) is 10.9 Å². The molecule has 0 bridgehead atoms. The zero-order valence-corrected chi connectivity index (χ0v) is 22.1. The van der Waals surface area contributed by atoms with Gasteiger partial charge in [0.05, 0.1) is 22.2 Å². The van der Waals surface area contributed by atoms with Gasteiger partial charge in [-0.05, 0) is 55.5 Å². The lowest BCUT2D eigenvalue weighted by Gasteiger charge is -2.29. The average Bonchev–Trinajstić information content (AvgIpc) is 3.18. The molecule has 1 aliphatic rings. The van der Waals surface area contributed by atoms with E-state index in [2.05, 4.69) is 9.56 Å². The van der Waals surface area contributed by atoms with Crippen LogP contribution in [0.15, 0.2) is 52.4 Å². The van der Waals surface area contributed by atoms with Gasteiger partial charge in [-0.1, -0.05) is 22.9 Å². The lowest BCUT2D eigenvalue weighted by molar-refractivity contribution is -0.122. The second kappa shape index (κ2) is 10.8. The highest BCUT2D eigenvalue weighted by Gasteiger charge is 2.32. The van der Waals surface area contributed by atoms with E-state index in [-0.39, 0.29) is 29.8 Å². The third-order valence-electron chi connectivity index (χ3n) is 5.87. The van der Waals surface area contributed by atoms with E-state index in [1.54, 1.807) is 31.0 Å². The molecule has 182 valence electrons. The molecule has 1 aromatic heterocycles. The van der Waals surface area contributed by atoms with Crippen LogP contribution in [0, 0.1) is 5.92 Å². The van der Waals surface area contributed by atoms with E-state index < -0.39 is 10.0 Å². The molecule has 1 aliphatic heterocycles. The van der Waals surface area contributed by atoms with Crippen molar-refractivity contribution >= 4 is 60.8 Å². The molecule has 1 amide bonds. The lowest BCUT2D eigenvalue weighted by atomic mass is 9.98. The number of hydrogen-bond donors (Lipinski definition) is 0. The van der Waals surface area contributed by atoms with Gasteiger partial charge in [0.2, 0.25) is 10.0 Å². The number of benzene rings is 2. The maximum absolute atomic E-state index is 13.1. The quantitative estimate of drug-likeness (QED) is 0.448. The highest BCUT2D eigenvalue weighted by molar-refractivity contribution is 7.98. The number of rotatable bonds is 7. The third-order valence-corrected chi connectivity index (χ3v) is 9.68. The number of methoxy groups -OCH3 is 1. The number of aryl methyl sites for hydroxylation is 1. The van der Waals surface area contributed by atoms with Crippen LogP contribution in [0.5, 0.6) is 5.75 Å². The fraction of sp³-hybridized carbons (Fsp3) is 0.391. The topological polar surface area (TPSA) is 81.0 Å². The number of ether oxygens (including phenoxy) is 1. The Morgan fingerprint density at radius 2 is 1.91 bits per heavy atom. The molecule has 0 saturated carbocycles. The summed E-state index contributed by atoms with van der Waals surface area (Å²) in [6, 6.07) is 12.0. The van der Waals surface area contributed by atoms with Crippen molar-refractivity contribution in [3.8, 4) is 5.75 Å². The van der Waals surface area contributed by atoms with E-state index in [1.807, 2.05) is 24.5 Å². The summed E-state index contributed by atoms with van der Waals surface area (Å²) in [5.74, 6) is 1.16. The summed E-state index contributed by atoms with van der Waals surface area (Å²) < 4.78 is 35.8. The van der Waals surface area contributed by atoms with E-state index in [9.17, 15) is 13.2 Å². The molecule has 0 spiro atoms. The molecular formula is C23H26ClN3O4S3. The van der Waals surface area contributed by atoms with Crippen LogP contribution in [0.2, 0.25) is 5.02 Å². The van der Waals surface area contributed by atoms with Crippen molar-refractivity contribution in [2.75, 3.05) is 32.2 Å². The number of nitrogens with zero attached hydrogens (tertiary/aromatic N) is 3. The van der Waals surface area contributed by atoms with Crippen molar-refractivity contribution in [1.82, 2.24) is 8.87 Å². The van der Waals surface area contributed by atoms with Gasteiger partial charge in [-0.3, -0.25) is 4.79 Å². The molecule has 11 heteroatoms. The number of thioether (sulfide) groups is 1. The van der Waals surface area contributed by atoms with Gasteiger partial charge < -0.3 is 9.30 Å². The Morgan fingerprint density at radius 1 is 1.21 bits per heavy atom. The Hall–Kier alpha value is -1.85. The predicted molar refractivity (Wildman–Crippen MR) is 138 cm³/mol. The van der Waals surface area contributed by atoms with E-state index in [4.69, 9.17) is 16.3 Å². The second-order valence-corrected chi connectivity index (χ2v) is 12.3. The molecule has 0 N–H and O–H groups in total. The number of piperidine rings is 1. The number of carbonyl (C=O) groups is 1. The summed E-state index contributed by atoms with van der Waals surface area (Å²) in [5.41, 5.74) is 0.994. The Labute approximate surface area is 212 Å². The number of thiazole rings is 1. The fourth-order valence-electron chi connectivity index (χ4n) is 3.94. The summed E-state index contributed by atoms with van der Waals surface area (Å²) in [5, 5.41) is 0.485. The van der Waals surface area contributed by atoms with Crippen LogP contribution in [-0.4, -0.2) is 55.4 Å². The Kier molecular flexibility index (Phi) is 8.04. The van der Waals surface area contributed by atoms with Crippen LogP contribution >= 0.6 is 34.7 Å². The molecule has 7 nitrogen and oxygen atoms in total. The molecule has 1 saturated heterocycles. The van der Waals surface area contributed by atoms with Gasteiger partial charge in [-0.25, -0.2) is 8.42 Å². The molecular weight excluding hydrogens is 514 g/mol. The SMILES string of the molecule is COc1ccc2sc(=NC(=O)C3CCN(S(=O)(=O)c4ccc(Cl)cc4)CC3)n(CCSC)c2c1. The van der Waals surface area contributed by atoms with Crippen molar-refractivity contribution < 1.29 is 17.9 Å². The first-order valence-corrected chi connectivity index (χ1v) is 14.9. The van der Waals surface area contributed by atoms with Gasteiger partial charge in [0.15, 0.2) is 4.80 Å². The van der Waals surface area contributed by atoms with Gasteiger partial charge in [0.25, 0.3) is 5.91 Å². The highest BCUT2D eigenvalue weighted by Crippen LogP contribution is 2.26. The van der Waals surface area contributed by atoms with Crippen molar-refractivity contribution in [2.45, 2.75) is 24.3 Å². The predicted octanol–water partition coefficient (Wildman–Crippen LogP) is 4.26. The minimum atomic E-state index is -3.61. The number of halogens is 1. The number of sulfonamides is 1. The van der Waals surface area contributed by atoms with Crippen LogP contribution in [0.4, 0.5) is 0 Å². The summed E-state index contributed by atoms with van der Waals surface area (Å²) in [6.07, 6.45) is 2.93. The first-order chi connectivity index (χ1) is 16.3. The zero-order chi connectivity index (χ0) is 24.3. The number of aromatic nitrogens is 1. The highest BCUT2D eigenvalue weighted by atomic mass is 35.5. The number of fused-ring (bicyclic) bond motifs is 1. The molecule has 1 fully saturated rings. The Bertz CT molecular complexity index is 1340. The van der Waals surface area contributed by atoms with Gasteiger partial charge in [0.1, 0.15) is 5.75 Å². The zero-order valence-electron chi connectivity index (χ0n) is 18.9. The Balaban J connectivity index is 1.53. The average molecular weight is 540 g/mol. The number of carbonyl (C=O) groups excluding carboxylic acids is 1. The maximum atomic E-state index is 13.1. The van der Waals surface area contributed by atoms with Gasteiger partial charge in [-0.2, -0.15) is 21.1 Å². The van der Waals surface area contributed by atoms with Crippen LogP contribution in [-0.2, 0) is 21.4 Å². The molecule has 2 aromatic carbocycles. The second-order valence-electron chi connectivity index (χ2n) is 7.95. The van der Waals surface area contributed by atoms with Gasteiger partial charge >= 0.3 is 0 Å². The summed E-state index contributed by atoms with van der Waals surface area (Å²) >= 11 is 9.10. The first-order valence-electron chi connectivity index (χ1n) is 10.8. The largest absolute Gasteiger partial charge is 0.497 e. The lowest BCUT2D eigenvalue weighted by Crippen LogP contribution is -2.40. The first kappa shape index (κ1) is 25.2. The van der Waals surface area contributed by atoms with Gasteiger partial charge in [0, 0.05) is 42.4 Å². The van der Waals surface area contributed by atoms with Gasteiger partial charge in [-0.15, -0.1) is 0 Å². The minimum Gasteiger partial charge on any atom is -0.497 e. The fourth-order valence-corrected chi connectivity index (χ4v) is 6.95. The minimum absolute atomic E-state index is 0.194. The Morgan fingerprint density at radius 3 is 2.56 bits per heavy atom. The molecule has 34 heavy (non-hydrogen) atoms. The standard InChI is InChI=1S/C23H26ClN3O4S3/c1-31-18-5-8-21-20(15-18)27(13-14-32-2)23(33-21)25-22(28)16-9-11-26(12-10-16)34(29,30)19-6-3-17(24)4-7-19/h3-8,15-16H,9-14H2,1-2H3. The van der Waals surface area contributed by atoms with E-state index in [0.717, 1.165) is 28.3 Å². The molecule has 2 heterocycles. The monoisotopic (exact) mass is 539 g/mol. The molecule has 3 aromatic rings. The molecule has 0 radical (unpaired) electrons. The van der Waals surface area contributed by atoms with Crippen LogP contribution in [0.25, 0.3) is 10.2 Å². The molecule has 0 aliphatic carbocycles. The van der Waals surface area contributed by atoms with E-state index in [0.29, 0.717) is 22.7 Å². The number of hydrogen-bond acceptors (Lipinski definition) is 6. The van der Waals surface area contributed by atoms with Crippen molar-refractivity contribution in [1.29, 1.82) is 0 Å². The summed E-state index contributed by atoms with van der Waals surface area (Å²) in [7, 11) is -1.98.